The van der Waals surface area contributed by atoms with Crippen LogP contribution in [0.2, 0.25) is 0 Å². The minimum Gasteiger partial charge on any atom is -0.359 e. The first-order valence-electron chi connectivity index (χ1n) is 5.77. The van der Waals surface area contributed by atoms with Crippen molar-refractivity contribution in [3.05, 3.63) is 12.2 Å². The summed E-state index contributed by atoms with van der Waals surface area (Å²) in [6.07, 6.45) is 5.62. The highest BCUT2D eigenvalue weighted by atomic mass is 79.9. The number of hydrogen-bond donors (Lipinski definition) is 0. The van der Waals surface area contributed by atoms with Gasteiger partial charge in [-0.25, -0.2) is 0 Å². The minimum atomic E-state index is 0.0748. The summed E-state index contributed by atoms with van der Waals surface area (Å²) >= 11 is 3.36. The highest BCUT2D eigenvalue weighted by molar-refractivity contribution is 9.09. The molecule has 1 saturated heterocycles. The Kier molecular flexibility index (Phi) is 6.06. The second-order valence-corrected chi connectivity index (χ2v) is 5.15. The molecule has 0 N–H and O–H groups in total. The summed E-state index contributed by atoms with van der Waals surface area (Å²) in [4.78, 5) is 13.7. The average Bonchev–Trinajstić information content (AvgIpc) is 2.73. The van der Waals surface area contributed by atoms with E-state index in [0.29, 0.717) is 19.3 Å². The lowest BCUT2D eigenvalue weighted by Crippen LogP contribution is -2.38. The van der Waals surface area contributed by atoms with Crippen LogP contribution in [-0.2, 0) is 9.53 Å². The van der Waals surface area contributed by atoms with Crippen LogP contribution in [0.5, 0.6) is 0 Å². The Labute approximate surface area is 106 Å². The molecule has 16 heavy (non-hydrogen) atoms. The van der Waals surface area contributed by atoms with E-state index in [9.17, 15) is 4.79 Å². The second-order valence-electron chi connectivity index (χ2n) is 4.35. The normalized spacial score (nSPS) is 21.2. The van der Waals surface area contributed by atoms with Crippen LogP contribution < -0.4 is 0 Å². The van der Waals surface area contributed by atoms with E-state index in [0.717, 1.165) is 18.2 Å². The van der Waals surface area contributed by atoms with Gasteiger partial charge in [-0.1, -0.05) is 35.9 Å². The fourth-order valence-electron chi connectivity index (χ4n) is 1.71. The van der Waals surface area contributed by atoms with E-state index in [1.807, 2.05) is 11.0 Å². The van der Waals surface area contributed by atoms with Gasteiger partial charge in [-0.3, -0.25) is 4.79 Å². The summed E-state index contributed by atoms with van der Waals surface area (Å²) in [6, 6.07) is 0.230. The van der Waals surface area contributed by atoms with Crippen molar-refractivity contribution in [3.8, 4) is 0 Å². The zero-order chi connectivity index (χ0) is 12.0. The van der Waals surface area contributed by atoms with Gasteiger partial charge in [0.2, 0.25) is 5.91 Å². The molecule has 0 aromatic heterocycles. The predicted molar refractivity (Wildman–Crippen MR) is 68.5 cm³/mol. The molecule has 0 saturated carbocycles. The van der Waals surface area contributed by atoms with Crippen molar-refractivity contribution in [1.82, 2.24) is 4.90 Å². The number of rotatable bonds is 5. The molecule has 0 unspecified atom stereocenters. The Bertz CT molecular complexity index is 253. The van der Waals surface area contributed by atoms with Crippen molar-refractivity contribution < 1.29 is 9.53 Å². The maximum Gasteiger partial charge on any atom is 0.248 e. The Morgan fingerprint density at radius 2 is 2.38 bits per heavy atom. The van der Waals surface area contributed by atoms with E-state index in [4.69, 9.17) is 4.74 Å². The molecular formula is C12H20BrNO2. The molecule has 1 rings (SSSR count). The largest absolute Gasteiger partial charge is 0.359 e. The molecule has 0 aliphatic carbocycles. The summed E-state index contributed by atoms with van der Waals surface area (Å²) in [7, 11) is 0. The lowest BCUT2D eigenvalue weighted by molar-refractivity contribution is -0.128. The Balaban J connectivity index is 2.43. The smallest absolute Gasteiger partial charge is 0.248 e. The quantitative estimate of drug-likeness (QED) is 0.442. The molecular weight excluding hydrogens is 270 g/mol. The fourth-order valence-corrected chi connectivity index (χ4v) is 2.04. The summed E-state index contributed by atoms with van der Waals surface area (Å²) in [6.45, 7) is 5.34. The summed E-state index contributed by atoms with van der Waals surface area (Å²) < 4.78 is 5.34. The SMILES string of the molecule is CC(C)[C@H]1COCN1C(=O)/C=C/CCCBr. The van der Waals surface area contributed by atoms with E-state index in [-0.39, 0.29) is 11.9 Å². The van der Waals surface area contributed by atoms with Crippen molar-refractivity contribution in [3.63, 3.8) is 0 Å². The van der Waals surface area contributed by atoms with Crippen LogP contribution in [0.15, 0.2) is 12.2 Å². The number of amides is 1. The Morgan fingerprint density at radius 1 is 1.62 bits per heavy atom. The molecule has 0 aromatic carbocycles. The molecule has 0 bridgehead atoms. The summed E-state index contributed by atoms with van der Waals surface area (Å²) in [5.41, 5.74) is 0. The van der Waals surface area contributed by atoms with Gasteiger partial charge in [-0.2, -0.15) is 0 Å². The van der Waals surface area contributed by atoms with Gasteiger partial charge in [0.15, 0.2) is 0 Å². The molecule has 1 fully saturated rings. The highest BCUT2D eigenvalue weighted by Gasteiger charge is 2.30. The molecule has 1 amide bonds. The molecule has 3 nitrogen and oxygen atoms in total. The number of unbranched alkanes of at least 4 members (excludes halogenated alkanes) is 1. The number of carbonyl (C=O) groups is 1. The van der Waals surface area contributed by atoms with Gasteiger partial charge >= 0.3 is 0 Å². The molecule has 0 aromatic rings. The maximum absolute atomic E-state index is 11.9. The average molecular weight is 290 g/mol. The van der Waals surface area contributed by atoms with Crippen molar-refractivity contribution in [2.24, 2.45) is 5.92 Å². The Morgan fingerprint density at radius 3 is 3.00 bits per heavy atom. The van der Waals surface area contributed by atoms with Gasteiger partial charge in [0.05, 0.1) is 12.6 Å². The molecule has 4 heteroatoms. The molecule has 1 aliphatic rings. The van der Waals surface area contributed by atoms with E-state index in [1.54, 1.807) is 6.08 Å². The fraction of sp³-hybridized carbons (Fsp3) is 0.750. The van der Waals surface area contributed by atoms with Crippen molar-refractivity contribution in [2.45, 2.75) is 32.7 Å². The number of halogens is 1. The maximum atomic E-state index is 11.9. The lowest BCUT2D eigenvalue weighted by atomic mass is 10.0. The van der Waals surface area contributed by atoms with Crippen LogP contribution in [0.25, 0.3) is 0 Å². The zero-order valence-corrected chi connectivity index (χ0v) is 11.6. The first-order chi connectivity index (χ1) is 7.66. The van der Waals surface area contributed by atoms with Crippen LogP contribution in [0.3, 0.4) is 0 Å². The number of carbonyl (C=O) groups excluding carboxylic acids is 1. The molecule has 1 heterocycles. The third kappa shape index (κ3) is 3.91. The lowest BCUT2D eigenvalue weighted by Gasteiger charge is -2.24. The van der Waals surface area contributed by atoms with Gasteiger partial charge in [0.1, 0.15) is 6.73 Å². The van der Waals surface area contributed by atoms with E-state index in [2.05, 4.69) is 29.8 Å². The molecule has 1 aliphatic heterocycles. The van der Waals surface area contributed by atoms with Crippen LogP contribution in [0.1, 0.15) is 26.7 Å². The van der Waals surface area contributed by atoms with Gasteiger partial charge < -0.3 is 9.64 Å². The number of hydrogen-bond acceptors (Lipinski definition) is 2. The topological polar surface area (TPSA) is 29.5 Å². The monoisotopic (exact) mass is 289 g/mol. The molecule has 92 valence electrons. The van der Waals surface area contributed by atoms with Crippen LogP contribution in [0, 0.1) is 5.92 Å². The van der Waals surface area contributed by atoms with Gasteiger partial charge in [-0.05, 0) is 24.8 Å². The molecule has 0 radical (unpaired) electrons. The van der Waals surface area contributed by atoms with E-state index >= 15 is 0 Å². The zero-order valence-electron chi connectivity index (χ0n) is 9.99. The first kappa shape index (κ1) is 13.7. The standard InChI is InChI=1S/C12H20BrNO2/c1-10(2)11-8-16-9-14(11)12(15)6-4-3-5-7-13/h4,6,10-11H,3,5,7-9H2,1-2H3/b6-4+/t11-/m1/s1. The number of ether oxygens (including phenoxy) is 1. The van der Waals surface area contributed by atoms with Gasteiger partial charge in [-0.15, -0.1) is 0 Å². The summed E-state index contributed by atoms with van der Waals surface area (Å²) in [5, 5.41) is 0.979. The summed E-state index contributed by atoms with van der Waals surface area (Å²) in [5.74, 6) is 0.521. The number of alkyl halides is 1. The number of allylic oxidation sites excluding steroid dienone is 1. The van der Waals surface area contributed by atoms with Gasteiger partial charge in [0.25, 0.3) is 0 Å². The van der Waals surface area contributed by atoms with Crippen LogP contribution in [-0.4, -0.2) is 35.5 Å². The Hall–Kier alpha value is -0.350. The third-order valence-electron chi connectivity index (χ3n) is 2.74. The van der Waals surface area contributed by atoms with Crippen molar-refractivity contribution in [2.75, 3.05) is 18.7 Å². The predicted octanol–water partition coefficient (Wildman–Crippen LogP) is 2.56. The van der Waals surface area contributed by atoms with Crippen LogP contribution in [0.4, 0.5) is 0 Å². The first-order valence-corrected chi connectivity index (χ1v) is 6.89. The van der Waals surface area contributed by atoms with Gasteiger partial charge in [0, 0.05) is 5.33 Å². The number of nitrogens with zero attached hydrogens (tertiary/aromatic N) is 1. The molecule has 0 spiro atoms. The van der Waals surface area contributed by atoms with Crippen LogP contribution >= 0.6 is 15.9 Å². The van der Waals surface area contributed by atoms with E-state index in [1.165, 1.54) is 0 Å². The highest BCUT2D eigenvalue weighted by Crippen LogP contribution is 2.17. The van der Waals surface area contributed by atoms with E-state index < -0.39 is 0 Å². The molecule has 1 atom stereocenters. The third-order valence-corrected chi connectivity index (χ3v) is 3.30. The van der Waals surface area contributed by atoms with Crippen molar-refractivity contribution in [1.29, 1.82) is 0 Å². The minimum absolute atomic E-state index is 0.0748. The van der Waals surface area contributed by atoms with Crippen molar-refractivity contribution >= 4 is 21.8 Å². The second kappa shape index (κ2) is 7.07.